The molecule has 6 heteroatoms. The van der Waals surface area contributed by atoms with Crippen molar-refractivity contribution < 1.29 is 14.2 Å². The van der Waals surface area contributed by atoms with Crippen LogP contribution in [0.25, 0.3) is 22.0 Å². The van der Waals surface area contributed by atoms with E-state index in [1.807, 2.05) is 6.07 Å². The van der Waals surface area contributed by atoms with Gasteiger partial charge in [0.1, 0.15) is 0 Å². The van der Waals surface area contributed by atoms with E-state index in [0.717, 1.165) is 44.2 Å². The summed E-state index contributed by atoms with van der Waals surface area (Å²) in [5, 5.41) is 1.37. The molecule has 2 fully saturated rings. The average molecular weight is 432 g/mol. The fraction of sp³-hybridized carbons (Fsp3) is 0.462. The highest BCUT2D eigenvalue weighted by Gasteiger charge is 2.45. The summed E-state index contributed by atoms with van der Waals surface area (Å²) in [5.41, 5.74) is 6.62. The second-order valence-corrected chi connectivity index (χ2v) is 9.80. The molecule has 0 spiro atoms. The Labute approximate surface area is 188 Å². The molecule has 0 bridgehead atoms. The molecule has 2 aromatic carbocycles. The molecular formula is C26H29N3O3. The average Bonchev–Trinajstić information content (AvgIpc) is 3.44. The molecule has 0 saturated carbocycles. The Morgan fingerprint density at radius 1 is 1.09 bits per heavy atom. The van der Waals surface area contributed by atoms with Gasteiger partial charge in [-0.15, -0.1) is 0 Å². The van der Waals surface area contributed by atoms with Gasteiger partial charge in [-0.05, 0) is 61.7 Å². The van der Waals surface area contributed by atoms with Crippen LogP contribution in [0, 0.1) is 5.92 Å². The topological polar surface area (TPSA) is 50.0 Å². The number of aromatic amines is 1. The first kappa shape index (κ1) is 19.0. The third kappa shape index (κ3) is 2.70. The van der Waals surface area contributed by atoms with Gasteiger partial charge in [0.25, 0.3) is 0 Å². The highest BCUT2D eigenvalue weighted by Crippen LogP contribution is 2.46. The second-order valence-electron chi connectivity index (χ2n) is 9.80. The Bertz CT molecular complexity index is 1200. The van der Waals surface area contributed by atoms with E-state index in [1.54, 1.807) is 0 Å². The van der Waals surface area contributed by atoms with Gasteiger partial charge < -0.3 is 19.2 Å². The maximum Gasteiger partial charge on any atom is 0.231 e. The van der Waals surface area contributed by atoms with E-state index in [9.17, 15) is 0 Å². The summed E-state index contributed by atoms with van der Waals surface area (Å²) in [4.78, 5) is 8.96. The number of aromatic nitrogens is 1. The van der Waals surface area contributed by atoms with Gasteiger partial charge in [0.15, 0.2) is 11.5 Å². The van der Waals surface area contributed by atoms with Crippen LogP contribution in [0.5, 0.6) is 11.5 Å². The SMILES string of the molecule is C[C@@H]1OCN(C)[C@H]2C[C@H]3c4[nH]c5cccc(-c6ccc7c(c6)OCO7)c5c4CCN3C[C@@H]12. The molecule has 6 nitrogen and oxygen atoms in total. The van der Waals surface area contributed by atoms with Gasteiger partial charge >= 0.3 is 0 Å². The number of hydrogen-bond acceptors (Lipinski definition) is 5. The van der Waals surface area contributed by atoms with Crippen LogP contribution in [0.15, 0.2) is 36.4 Å². The van der Waals surface area contributed by atoms with Gasteiger partial charge in [-0.25, -0.2) is 0 Å². The van der Waals surface area contributed by atoms with Crippen molar-refractivity contribution in [2.24, 2.45) is 5.92 Å². The monoisotopic (exact) mass is 431 g/mol. The molecule has 3 aromatic rings. The summed E-state index contributed by atoms with van der Waals surface area (Å²) in [6.45, 7) is 5.52. The number of rotatable bonds is 1. The molecule has 7 rings (SSSR count). The van der Waals surface area contributed by atoms with Gasteiger partial charge in [0.2, 0.25) is 6.79 Å². The molecule has 1 aromatic heterocycles. The molecule has 2 saturated heterocycles. The van der Waals surface area contributed by atoms with Crippen molar-refractivity contribution >= 4 is 10.9 Å². The summed E-state index contributed by atoms with van der Waals surface area (Å²) in [6, 6.07) is 14.0. The van der Waals surface area contributed by atoms with E-state index in [1.165, 1.54) is 33.3 Å². The van der Waals surface area contributed by atoms with E-state index in [-0.39, 0.29) is 0 Å². The standard InChI is InChI=1S/C26H29N3O3/c1-15-19-12-29-9-8-18-25-17(16-6-7-23-24(10-16)32-14-31-23)4-3-5-20(25)27-26(18)22(29)11-21(19)28(2)13-30-15/h3-7,10,15,19,21-22,27H,8-9,11-14H2,1-2H3/t15-,19-,21-,22-/m0/s1. The molecule has 0 amide bonds. The van der Waals surface area contributed by atoms with Gasteiger partial charge in [-0.1, -0.05) is 18.2 Å². The molecule has 166 valence electrons. The zero-order valence-electron chi connectivity index (χ0n) is 18.6. The quantitative estimate of drug-likeness (QED) is 0.627. The predicted octanol–water partition coefficient (Wildman–Crippen LogP) is 4.16. The molecule has 5 heterocycles. The fourth-order valence-corrected chi connectivity index (χ4v) is 6.48. The highest BCUT2D eigenvalue weighted by molar-refractivity contribution is 5.99. The molecular weight excluding hydrogens is 402 g/mol. The Morgan fingerprint density at radius 2 is 2.00 bits per heavy atom. The van der Waals surface area contributed by atoms with Crippen molar-refractivity contribution in [2.45, 2.75) is 38.0 Å². The smallest absolute Gasteiger partial charge is 0.231 e. The van der Waals surface area contributed by atoms with Crippen LogP contribution in [0.4, 0.5) is 0 Å². The van der Waals surface area contributed by atoms with Crippen LogP contribution in [0.2, 0.25) is 0 Å². The highest BCUT2D eigenvalue weighted by atomic mass is 16.7. The summed E-state index contributed by atoms with van der Waals surface area (Å²) in [7, 11) is 2.21. The van der Waals surface area contributed by atoms with Crippen LogP contribution in [-0.2, 0) is 11.2 Å². The summed E-state index contributed by atoms with van der Waals surface area (Å²) in [6.07, 6.45) is 2.57. The van der Waals surface area contributed by atoms with Crippen LogP contribution in [0.3, 0.4) is 0 Å². The third-order valence-electron chi connectivity index (χ3n) is 8.18. The number of nitrogens with zero attached hydrogens (tertiary/aromatic N) is 2. The Hall–Kier alpha value is -2.54. The lowest BCUT2D eigenvalue weighted by molar-refractivity contribution is -0.148. The first-order valence-electron chi connectivity index (χ1n) is 11.8. The van der Waals surface area contributed by atoms with Crippen molar-refractivity contribution in [3.8, 4) is 22.6 Å². The van der Waals surface area contributed by atoms with Gasteiger partial charge in [-0.3, -0.25) is 9.80 Å². The normalized spacial score (nSPS) is 29.6. The summed E-state index contributed by atoms with van der Waals surface area (Å²) < 4.78 is 17.2. The Kier molecular flexibility index (Phi) is 4.14. The number of H-pyrrole nitrogens is 1. The van der Waals surface area contributed by atoms with Crippen LogP contribution in [0.1, 0.15) is 30.6 Å². The number of benzene rings is 2. The van der Waals surface area contributed by atoms with Gasteiger partial charge in [0, 0.05) is 41.6 Å². The van der Waals surface area contributed by atoms with Crippen molar-refractivity contribution in [3.63, 3.8) is 0 Å². The zero-order chi connectivity index (χ0) is 21.4. The van der Waals surface area contributed by atoms with E-state index in [4.69, 9.17) is 14.2 Å². The largest absolute Gasteiger partial charge is 0.454 e. The number of hydrogen-bond donors (Lipinski definition) is 1. The minimum Gasteiger partial charge on any atom is -0.454 e. The van der Waals surface area contributed by atoms with Crippen molar-refractivity contribution in [3.05, 3.63) is 47.7 Å². The first-order valence-corrected chi connectivity index (χ1v) is 11.8. The van der Waals surface area contributed by atoms with Gasteiger partial charge in [-0.2, -0.15) is 0 Å². The first-order chi connectivity index (χ1) is 15.7. The molecule has 4 atom stereocenters. The minimum atomic E-state index is 0.306. The molecule has 0 aliphatic carbocycles. The van der Waals surface area contributed by atoms with E-state index < -0.39 is 0 Å². The van der Waals surface area contributed by atoms with Gasteiger partial charge in [0.05, 0.1) is 18.9 Å². The molecule has 0 radical (unpaired) electrons. The fourth-order valence-electron chi connectivity index (χ4n) is 6.48. The maximum absolute atomic E-state index is 6.03. The Balaban J connectivity index is 1.32. The van der Waals surface area contributed by atoms with Crippen LogP contribution < -0.4 is 9.47 Å². The molecule has 32 heavy (non-hydrogen) atoms. The predicted molar refractivity (Wildman–Crippen MR) is 123 cm³/mol. The zero-order valence-corrected chi connectivity index (χ0v) is 18.6. The van der Waals surface area contributed by atoms with Crippen molar-refractivity contribution in [1.82, 2.24) is 14.8 Å². The van der Waals surface area contributed by atoms with Crippen LogP contribution >= 0.6 is 0 Å². The van der Waals surface area contributed by atoms with Crippen molar-refractivity contribution in [1.29, 1.82) is 0 Å². The van der Waals surface area contributed by atoms with Crippen LogP contribution in [-0.4, -0.2) is 60.6 Å². The maximum atomic E-state index is 6.03. The molecule has 1 N–H and O–H groups in total. The second kappa shape index (κ2) is 6.98. The lowest BCUT2D eigenvalue weighted by Gasteiger charge is -2.52. The number of nitrogens with one attached hydrogen (secondary N) is 1. The van der Waals surface area contributed by atoms with E-state index in [0.29, 0.717) is 30.9 Å². The lowest BCUT2D eigenvalue weighted by atomic mass is 9.79. The number of piperidine rings is 1. The van der Waals surface area contributed by atoms with Crippen molar-refractivity contribution in [2.75, 3.05) is 33.7 Å². The molecule has 0 unspecified atom stereocenters. The van der Waals surface area contributed by atoms with E-state index in [2.05, 4.69) is 59.1 Å². The Morgan fingerprint density at radius 3 is 2.94 bits per heavy atom. The lowest BCUT2D eigenvalue weighted by Crippen LogP contribution is -2.59. The third-order valence-corrected chi connectivity index (χ3v) is 8.18. The molecule has 4 aliphatic heterocycles. The summed E-state index contributed by atoms with van der Waals surface area (Å²) in [5.74, 6) is 2.25. The minimum absolute atomic E-state index is 0.306. The summed E-state index contributed by atoms with van der Waals surface area (Å²) >= 11 is 0. The number of ether oxygens (including phenoxy) is 3. The van der Waals surface area contributed by atoms with E-state index >= 15 is 0 Å². The molecule has 4 aliphatic rings. The number of fused-ring (bicyclic) bond motifs is 7.